The number of nitrogens with two attached hydrogens (primary N) is 1. The fourth-order valence-electron chi connectivity index (χ4n) is 4.41. The Balaban J connectivity index is 1.08. The standard InChI is InChI=1S/C25H31N9O2S/c1-17-28-14-19(36-17)16-34-23-5-3-2-4-21(23)30-24(34)29-18-7-10-33(11-8-18)12-13-37-32-25(35)31-22-15-27-9-6-20(22)26/h2-6,9,14-15,18H,7-8,10-13,16H2,1H3,(H2,26,27)(H,29,30)(H2,31,32,35). The second-order valence-corrected chi connectivity index (χ2v) is 9.88. The van der Waals surface area contributed by atoms with Crippen molar-refractivity contribution in [3.63, 3.8) is 0 Å². The van der Waals surface area contributed by atoms with E-state index in [1.165, 1.54) is 18.1 Å². The summed E-state index contributed by atoms with van der Waals surface area (Å²) >= 11 is 1.38. The number of oxazole rings is 1. The zero-order valence-corrected chi connectivity index (χ0v) is 21.5. The van der Waals surface area contributed by atoms with Crippen molar-refractivity contribution in [2.75, 3.05) is 41.8 Å². The average molecular weight is 522 g/mol. The highest BCUT2D eigenvalue weighted by Crippen LogP contribution is 2.24. The van der Waals surface area contributed by atoms with E-state index in [0.717, 1.165) is 61.0 Å². The van der Waals surface area contributed by atoms with Gasteiger partial charge in [-0.2, -0.15) is 0 Å². The molecular formula is C25H31N9O2S. The molecule has 37 heavy (non-hydrogen) atoms. The number of carbonyl (C=O) groups excluding carboxylic acids is 1. The number of urea groups is 1. The number of aromatic nitrogens is 4. The Morgan fingerprint density at radius 1 is 1.22 bits per heavy atom. The number of rotatable bonds is 9. The van der Waals surface area contributed by atoms with E-state index in [1.807, 2.05) is 25.1 Å². The minimum atomic E-state index is -0.309. The summed E-state index contributed by atoms with van der Waals surface area (Å²) in [6, 6.07) is 9.82. The molecule has 12 heteroatoms. The number of carbonyl (C=O) groups is 1. The summed E-state index contributed by atoms with van der Waals surface area (Å²) in [4.78, 5) is 27.6. The number of hydrogen-bond acceptors (Lipinski definition) is 9. The summed E-state index contributed by atoms with van der Waals surface area (Å²) in [6.45, 7) is 5.30. The number of pyridine rings is 1. The summed E-state index contributed by atoms with van der Waals surface area (Å²) in [5.74, 6) is 3.12. The second-order valence-electron chi connectivity index (χ2n) is 8.98. The molecule has 1 aromatic carbocycles. The number of nitrogen functional groups attached to an aromatic ring is 1. The minimum Gasteiger partial charge on any atom is -0.444 e. The molecule has 0 bridgehead atoms. The number of hydrogen-bond donors (Lipinski definition) is 4. The Morgan fingerprint density at radius 3 is 2.84 bits per heavy atom. The van der Waals surface area contributed by atoms with Gasteiger partial charge >= 0.3 is 6.03 Å². The number of piperidine rings is 1. The molecule has 194 valence electrons. The monoisotopic (exact) mass is 521 g/mol. The molecule has 3 aromatic heterocycles. The van der Waals surface area contributed by atoms with Gasteiger partial charge in [0.05, 0.1) is 41.3 Å². The highest BCUT2D eigenvalue weighted by Gasteiger charge is 2.22. The Kier molecular flexibility index (Phi) is 7.76. The van der Waals surface area contributed by atoms with Gasteiger partial charge in [-0.15, -0.1) is 0 Å². The van der Waals surface area contributed by atoms with Crippen molar-refractivity contribution in [3.05, 3.63) is 60.6 Å². The number of fused-ring (bicyclic) bond motifs is 1. The van der Waals surface area contributed by atoms with Crippen LogP contribution in [0.1, 0.15) is 24.5 Å². The van der Waals surface area contributed by atoms with E-state index < -0.39 is 0 Å². The van der Waals surface area contributed by atoms with Crippen LogP contribution >= 0.6 is 11.9 Å². The van der Waals surface area contributed by atoms with Crippen LogP contribution in [0.3, 0.4) is 0 Å². The van der Waals surface area contributed by atoms with Gasteiger partial charge in [-0.25, -0.2) is 14.8 Å². The van der Waals surface area contributed by atoms with Crippen LogP contribution in [-0.4, -0.2) is 61.9 Å². The van der Waals surface area contributed by atoms with Crippen LogP contribution in [0.15, 0.2) is 53.3 Å². The third-order valence-electron chi connectivity index (χ3n) is 6.34. The zero-order chi connectivity index (χ0) is 25.6. The number of nitrogens with zero attached hydrogens (tertiary/aromatic N) is 5. The van der Waals surface area contributed by atoms with Crippen molar-refractivity contribution in [1.82, 2.24) is 29.1 Å². The lowest BCUT2D eigenvalue weighted by molar-refractivity contribution is 0.231. The number of imidazole rings is 1. The predicted molar refractivity (Wildman–Crippen MR) is 146 cm³/mol. The van der Waals surface area contributed by atoms with Crippen LogP contribution in [0.5, 0.6) is 0 Å². The van der Waals surface area contributed by atoms with Crippen molar-refractivity contribution in [2.45, 2.75) is 32.4 Å². The van der Waals surface area contributed by atoms with Gasteiger partial charge in [0.25, 0.3) is 0 Å². The molecule has 1 fully saturated rings. The SMILES string of the molecule is Cc1ncc(Cn2c(NC3CCN(CCSNC(=O)Nc4cnccc4N)CC3)nc3ccccc32)o1. The number of anilines is 3. The van der Waals surface area contributed by atoms with Crippen molar-refractivity contribution in [1.29, 1.82) is 0 Å². The zero-order valence-electron chi connectivity index (χ0n) is 20.7. The number of benzene rings is 1. The Labute approximate surface area is 219 Å². The summed E-state index contributed by atoms with van der Waals surface area (Å²) in [5, 5.41) is 6.38. The molecule has 2 amide bonds. The van der Waals surface area contributed by atoms with Gasteiger partial charge in [-0.1, -0.05) is 12.1 Å². The molecule has 1 aliphatic rings. The molecule has 1 saturated heterocycles. The van der Waals surface area contributed by atoms with Crippen LogP contribution in [0.2, 0.25) is 0 Å². The molecule has 1 aliphatic heterocycles. The lowest BCUT2D eigenvalue weighted by Crippen LogP contribution is -2.40. The maximum Gasteiger partial charge on any atom is 0.329 e. The first-order valence-electron chi connectivity index (χ1n) is 12.3. The van der Waals surface area contributed by atoms with Crippen LogP contribution in [0.4, 0.5) is 22.1 Å². The van der Waals surface area contributed by atoms with Gasteiger partial charge < -0.3 is 30.3 Å². The highest BCUT2D eigenvalue weighted by molar-refractivity contribution is 7.97. The summed E-state index contributed by atoms with van der Waals surface area (Å²) in [7, 11) is 0. The molecule has 4 aromatic rings. The van der Waals surface area contributed by atoms with Crippen molar-refractivity contribution in [3.8, 4) is 0 Å². The normalized spacial score (nSPS) is 14.6. The largest absolute Gasteiger partial charge is 0.444 e. The van der Waals surface area contributed by atoms with Gasteiger partial charge in [0.15, 0.2) is 5.89 Å². The number of para-hydroxylation sites is 2. The number of amides is 2. The summed E-state index contributed by atoms with van der Waals surface area (Å²) in [5.41, 5.74) is 8.84. The highest BCUT2D eigenvalue weighted by atomic mass is 32.2. The smallest absolute Gasteiger partial charge is 0.329 e. The average Bonchev–Trinajstić information content (AvgIpc) is 3.47. The molecule has 5 N–H and O–H groups in total. The minimum absolute atomic E-state index is 0.309. The van der Waals surface area contributed by atoms with E-state index in [-0.39, 0.29) is 6.03 Å². The summed E-state index contributed by atoms with van der Waals surface area (Å²) in [6.07, 6.45) is 6.92. The fraction of sp³-hybridized carbons (Fsp3) is 0.360. The molecule has 0 aliphatic carbocycles. The van der Waals surface area contributed by atoms with E-state index in [0.29, 0.717) is 29.9 Å². The van der Waals surface area contributed by atoms with E-state index in [2.05, 4.69) is 40.9 Å². The first kappa shape index (κ1) is 24.9. The topological polar surface area (TPSA) is 139 Å². The maximum atomic E-state index is 12.1. The van der Waals surface area contributed by atoms with Crippen LogP contribution in [-0.2, 0) is 6.54 Å². The van der Waals surface area contributed by atoms with Crippen LogP contribution in [0.25, 0.3) is 11.0 Å². The van der Waals surface area contributed by atoms with Crippen LogP contribution in [0, 0.1) is 6.92 Å². The van der Waals surface area contributed by atoms with Gasteiger partial charge in [-0.05, 0) is 43.0 Å². The fourth-order valence-corrected chi connectivity index (χ4v) is 5.05. The van der Waals surface area contributed by atoms with Gasteiger partial charge in [-0.3, -0.25) is 9.71 Å². The number of likely N-dealkylation sites (tertiary alicyclic amines) is 1. The molecule has 0 saturated carbocycles. The molecular weight excluding hydrogens is 490 g/mol. The van der Waals surface area contributed by atoms with Crippen molar-refractivity contribution < 1.29 is 9.21 Å². The van der Waals surface area contributed by atoms with Crippen molar-refractivity contribution >= 4 is 46.3 Å². The molecule has 4 heterocycles. The first-order chi connectivity index (χ1) is 18.0. The van der Waals surface area contributed by atoms with E-state index in [4.69, 9.17) is 15.1 Å². The quantitative estimate of drug-likeness (QED) is 0.192. The summed E-state index contributed by atoms with van der Waals surface area (Å²) < 4.78 is 10.7. The Hall–Kier alpha value is -3.77. The lowest BCUT2D eigenvalue weighted by atomic mass is 10.1. The molecule has 0 spiro atoms. The molecule has 0 unspecified atom stereocenters. The van der Waals surface area contributed by atoms with Crippen LogP contribution < -0.4 is 21.1 Å². The lowest BCUT2D eigenvalue weighted by Gasteiger charge is -2.32. The third-order valence-corrected chi connectivity index (χ3v) is 7.05. The first-order valence-corrected chi connectivity index (χ1v) is 13.3. The number of aryl methyl sites for hydroxylation is 1. The van der Waals surface area contributed by atoms with Crippen molar-refractivity contribution in [2.24, 2.45) is 0 Å². The second kappa shape index (κ2) is 11.5. The number of nitrogens with one attached hydrogen (secondary N) is 3. The van der Waals surface area contributed by atoms with Gasteiger partial charge in [0.1, 0.15) is 5.76 Å². The Bertz CT molecular complexity index is 1350. The third kappa shape index (κ3) is 6.33. The maximum absolute atomic E-state index is 12.1. The van der Waals surface area contributed by atoms with Gasteiger partial charge in [0, 0.05) is 44.5 Å². The van der Waals surface area contributed by atoms with Gasteiger partial charge in [0.2, 0.25) is 5.95 Å². The molecule has 11 nitrogen and oxygen atoms in total. The molecule has 5 rings (SSSR count). The van der Waals surface area contributed by atoms with E-state index in [9.17, 15) is 4.79 Å². The predicted octanol–water partition coefficient (Wildman–Crippen LogP) is 3.70. The molecule has 0 atom stereocenters. The Morgan fingerprint density at radius 2 is 2.05 bits per heavy atom. The molecule has 0 radical (unpaired) electrons. The van der Waals surface area contributed by atoms with E-state index >= 15 is 0 Å². The van der Waals surface area contributed by atoms with E-state index in [1.54, 1.807) is 18.5 Å².